The Bertz CT molecular complexity index is 597. The number of nitrogens with one attached hydrogen (secondary N) is 1. The molecular formula is C17H24N4. The molecule has 2 heterocycles. The van der Waals surface area contributed by atoms with E-state index >= 15 is 0 Å². The fourth-order valence-electron chi connectivity index (χ4n) is 2.88. The number of benzene rings is 1. The minimum absolute atomic E-state index is 0.810. The summed E-state index contributed by atoms with van der Waals surface area (Å²) in [5.74, 6) is 1.05. The first-order chi connectivity index (χ1) is 10.2. The Hall–Kier alpha value is -1.81. The molecule has 0 atom stereocenters. The zero-order chi connectivity index (χ0) is 14.7. The van der Waals surface area contributed by atoms with Crippen molar-refractivity contribution < 1.29 is 0 Å². The van der Waals surface area contributed by atoms with Crippen LogP contribution in [0, 0.1) is 6.92 Å². The van der Waals surface area contributed by atoms with Crippen molar-refractivity contribution in [3.63, 3.8) is 0 Å². The molecule has 0 radical (unpaired) electrons. The molecule has 1 fully saturated rings. The van der Waals surface area contributed by atoms with Gasteiger partial charge in [0.2, 0.25) is 0 Å². The summed E-state index contributed by atoms with van der Waals surface area (Å²) in [5.41, 5.74) is 3.78. The van der Waals surface area contributed by atoms with E-state index in [0.717, 1.165) is 18.9 Å². The highest BCUT2D eigenvalue weighted by Gasteiger charge is 2.11. The highest BCUT2D eigenvalue weighted by atomic mass is 15.1. The predicted octanol–water partition coefficient (Wildman–Crippen LogP) is 2.94. The fraction of sp³-hybridized carbons (Fsp3) is 0.471. The van der Waals surface area contributed by atoms with Crippen molar-refractivity contribution in [1.29, 1.82) is 0 Å². The molecule has 0 bridgehead atoms. The molecule has 3 rings (SSSR count). The highest BCUT2D eigenvalue weighted by Crippen LogP contribution is 2.17. The zero-order valence-corrected chi connectivity index (χ0v) is 13.0. The summed E-state index contributed by atoms with van der Waals surface area (Å²) in [5, 5.41) is 3.50. The third kappa shape index (κ3) is 3.45. The van der Waals surface area contributed by atoms with Crippen LogP contribution in [0.25, 0.3) is 0 Å². The van der Waals surface area contributed by atoms with Crippen LogP contribution in [0.1, 0.15) is 29.9 Å². The molecule has 112 valence electrons. The molecule has 0 saturated carbocycles. The van der Waals surface area contributed by atoms with Crippen LogP contribution in [-0.4, -0.2) is 27.5 Å². The number of rotatable bonds is 5. The van der Waals surface area contributed by atoms with Crippen LogP contribution in [-0.2, 0) is 20.1 Å². The topological polar surface area (TPSA) is 33.1 Å². The Morgan fingerprint density at radius 3 is 2.76 bits per heavy atom. The van der Waals surface area contributed by atoms with E-state index in [1.807, 2.05) is 13.1 Å². The van der Waals surface area contributed by atoms with Gasteiger partial charge in [0, 0.05) is 19.3 Å². The van der Waals surface area contributed by atoms with Crippen molar-refractivity contribution in [3.05, 3.63) is 47.5 Å². The molecule has 21 heavy (non-hydrogen) atoms. The Labute approximate surface area is 126 Å². The third-order valence-electron chi connectivity index (χ3n) is 4.32. The predicted molar refractivity (Wildman–Crippen MR) is 86.2 cm³/mol. The molecule has 2 aromatic rings. The number of hydrogen-bond acceptors (Lipinski definition) is 3. The number of imidazole rings is 1. The maximum absolute atomic E-state index is 4.33. The average Bonchev–Trinajstić information content (AvgIpc) is 3.10. The van der Waals surface area contributed by atoms with Gasteiger partial charge in [0.1, 0.15) is 5.82 Å². The standard InChI is InChI=1S/C17H24N4/c1-14-18-11-17(20(14)2)12-19-16-7-5-6-15(10-16)13-21-8-3-4-9-21/h5-7,10-11,19H,3-4,8-9,12-13H2,1-2H3. The first kappa shape index (κ1) is 14.1. The normalized spacial score (nSPS) is 15.5. The molecule has 4 heteroatoms. The number of hydrogen-bond donors (Lipinski definition) is 1. The second-order valence-corrected chi connectivity index (χ2v) is 5.89. The Morgan fingerprint density at radius 2 is 2.05 bits per heavy atom. The molecule has 0 aliphatic carbocycles. The molecule has 4 nitrogen and oxygen atoms in total. The number of aromatic nitrogens is 2. The van der Waals surface area contributed by atoms with Crippen LogP contribution in [0.15, 0.2) is 30.5 Å². The number of nitrogens with zero attached hydrogens (tertiary/aromatic N) is 3. The highest BCUT2D eigenvalue weighted by molar-refractivity contribution is 5.46. The van der Waals surface area contributed by atoms with Crippen molar-refractivity contribution >= 4 is 5.69 Å². The zero-order valence-electron chi connectivity index (χ0n) is 13.0. The minimum atomic E-state index is 0.810. The van der Waals surface area contributed by atoms with Crippen LogP contribution < -0.4 is 5.32 Å². The molecule has 1 N–H and O–H groups in total. The lowest BCUT2D eigenvalue weighted by atomic mass is 10.2. The van der Waals surface area contributed by atoms with E-state index < -0.39 is 0 Å². The van der Waals surface area contributed by atoms with Crippen LogP contribution in [0.4, 0.5) is 5.69 Å². The maximum Gasteiger partial charge on any atom is 0.105 e. The van der Waals surface area contributed by atoms with Gasteiger partial charge in [-0.1, -0.05) is 12.1 Å². The van der Waals surface area contributed by atoms with Crippen LogP contribution >= 0.6 is 0 Å². The number of aryl methyl sites for hydroxylation is 1. The van der Waals surface area contributed by atoms with Gasteiger partial charge < -0.3 is 9.88 Å². The molecule has 0 amide bonds. The van der Waals surface area contributed by atoms with E-state index in [2.05, 4.69) is 51.1 Å². The van der Waals surface area contributed by atoms with E-state index in [9.17, 15) is 0 Å². The van der Waals surface area contributed by atoms with Gasteiger partial charge in [-0.25, -0.2) is 4.98 Å². The summed E-state index contributed by atoms with van der Waals surface area (Å²) in [4.78, 5) is 6.86. The lowest BCUT2D eigenvalue weighted by Gasteiger charge is -2.15. The smallest absolute Gasteiger partial charge is 0.105 e. The number of anilines is 1. The maximum atomic E-state index is 4.33. The molecule has 1 aliphatic heterocycles. The van der Waals surface area contributed by atoms with Crippen molar-refractivity contribution in [2.24, 2.45) is 7.05 Å². The Balaban J connectivity index is 1.61. The molecular weight excluding hydrogens is 260 g/mol. The van der Waals surface area contributed by atoms with Gasteiger partial charge in [-0.2, -0.15) is 0 Å². The first-order valence-electron chi connectivity index (χ1n) is 7.75. The van der Waals surface area contributed by atoms with Gasteiger partial charge in [0.05, 0.1) is 18.4 Å². The van der Waals surface area contributed by atoms with Gasteiger partial charge in [0.15, 0.2) is 0 Å². The van der Waals surface area contributed by atoms with E-state index in [-0.39, 0.29) is 0 Å². The first-order valence-corrected chi connectivity index (χ1v) is 7.75. The minimum Gasteiger partial charge on any atom is -0.379 e. The van der Waals surface area contributed by atoms with Gasteiger partial charge >= 0.3 is 0 Å². The van der Waals surface area contributed by atoms with Crippen molar-refractivity contribution in [3.8, 4) is 0 Å². The summed E-state index contributed by atoms with van der Waals surface area (Å²) >= 11 is 0. The summed E-state index contributed by atoms with van der Waals surface area (Å²) in [6, 6.07) is 8.76. The average molecular weight is 284 g/mol. The quantitative estimate of drug-likeness (QED) is 0.916. The summed E-state index contributed by atoms with van der Waals surface area (Å²) < 4.78 is 2.13. The van der Waals surface area contributed by atoms with Crippen molar-refractivity contribution in [2.45, 2.75) is 32.9 Å². The van der Waals surface area contributed by atoms with E-state index in [1.165, 1.54) is 42.9 Å². The molecule has 1 saturated heterocycles. The SMILES string of the molecule is Cc1ncc(CNc2cccc(CN3CCCC3)c2)n1C. The van der Waals surface area contributed by atoms with Crippen molar-refractivity contribution in [1.82, 2.24) is 14.5 Å². The van der Waals surface area contributed by atoms with E-state index in [0.29, 0.717) is 0 Å². The largest absolute Gasteiger partial charge is 0.379 e. The second kappa shape index (κ2) is 6.31. The summed E-state index contributed by atoms with van der Waals surface area (Å²) in [6.45, 7) is 6.39. The van der Waals surface area contributed by atoms with Gasteiger partial charge in [-0.05, 0) is 50.6 Å². The molecule has 1 aliphatic rings. The van der Waals surface area contributed by atoms with Crippen LogP contribution in [0.5, 0.6) is 0 Å². The Kier molecular flexibility index (Phi) is 4.25. The van der Waals surface area contributed by atoms with Crippen LogP contribution in [0.2, 0.25) is 0 Å². The van der Waals surface area contributed by atoms with E-state index in [1.54, 1.807) is 0 Å². The summed E-state index contributed by atoms with van der Waals surface area (Å²) in [7, 11) is 2.06. The van der Waals surface area contributed by atoms with E-state index in [4.69, 9.17) is 0 Å². The molecule has 1 aromatic heterocycles. The second-order valence-electron chi connectivity index (χ2n) is 5.89. The van der Waals surface area contributed by atoms with Gasteiger partial charge in [-0.15, -0.1) is 0 Å². The lowest BCUT2D eigenvalue weighted by Crippen LogP contribution is -2.18. The van der Waals surface area contributed by atoms with Gasteiger partial charge in [0.25, 0.3) is 0 Å². The fourth-order valence-corrected chi connectivity index (χ4v) is 2.88. The molecule has 0 unspecified atom stereocenters. The molecule has 1 aromatic carbocycles. The summed E-state index contributed by atoms with van der Waals surface area (Å²) in [6.07, 6.45) is 4.63. The Morgan fingerprint density at radius 1 is 1.24 bits per heavy atom. The third-order valence-corrected chi connectivity index (χ3v) is 4.32. The monoisotopic (exact) mass is 284 g/mol. The molecule has 0 spiro atoms. The van der Waals surface area contributed by atoms with Crippen LogP contribution in [0.3, 0.4) is 0 Å². The lowest BCUT2D eigenvalue weighted by molar-refractivity contribution is 0.331. The van der Waals surface area contributed by atoms with Crippen molar-refractivity contribution in [2.75, 3.05) is 18.4 Å². The number of likely N-dealkylation sites (tertiary alicyclic amines) is 1. The van der Waals surface area contributed by atoms with Gasteiger partial charge in [-0.3, -0.25) is 4.90 Å².